The molecule has 3 nitrogen and oxygen atoms in total. The van der Waals surface area contributed by atoms with Crippen LogP contribution >= 0.6 is 0 Å². The van der Waals surface area contributed by atoms with E-state index in [2.05, 4.69) is 23.7 Å². The molecular weight excluding hydrogens is 480 g/mol. The van der Waals surface area contributed by atoms with Gasteiger partial charge in [-0.3, -0.25) is 4.79 Å². The molecule has 0 amide bonds. The molecule has 1 saturated heterocycles. The number of benzene rings is 1. The molecule has 0 radical (unpaired) electrons. The van der Waals surface area contributed by atoms with Crippen LogP contribution in [0.4, 0.5) is 14.5 Å². The zero-order chi connectivity index (χ0) is 26.8. The smallest absolute Gasteiger partial charge is 0.156 e. The first-order chi connectivity index (χ1) is 18.1. The van der Waals surface area contributed by atoms with Gasteiger partial charge >= 0.3 is 0 Å². The minimum absolute atomic E-state index is 0.129. The molecule has 38 heavy (non-hydrogen) atoms. The summed E-state index contributed by atoms with van der Waals surface area (Å²) in [5.74, 6) is 5.58. The number of anilines is 1. The maximum absolute atomic E-state index is 16.1. The zero-order valence-electron chi connectivity index (χ0n) is 22.9. The molecule has 5 heteroatoms. The largest absolute Gasteiger partial charge is 0.377 e. The summed E-state index contributed by atoms with van der Waals surface area (Å²) in [5, 5.41) is 12.0. The molecule has 202 valence electrons. The Labute approximate surface area is 225 Å². The van der Waals surface area contributed by atoms with Crippen LogP contribution in [-0.2, 0) is 4.79 Å². The fourth-order valence-electron chi connectivity index (χ4n) is 8.46. The van der Waals surface area contributed by atoms with E-state index in [1.165, 1.54) is 12.1 Å². The van der Waals surface area contributed by atoms with Crippen molar-refractivity contribution in [2.24, 2.45) is 23.2 Å². The van der Waals surface area contributed by atoms with Crippen LogP contribution < -0.4 is 4.90 Å². The first kappa shape index (κ1) is 25.8. The van der Waals surface area contributed by atoms with E-state index in [0.717, 1.165) is 61.9 Å². The zero-order valence-corrected chi connectivity index (χ0v) is 22.9. The standard InChI is InChI=1S/C33H39F2NO2/c1-20(2)10-12-33(38)13-11-27-25-8-6-21-16-23(37)7-9-24(21)30(25)26(19-32(27,33)3)31-28(34)17-22(18-29(31)35)36-14-4-5-15-36/h16-18,20,25-27,38H,4-9,11,13-15,19H2,1-3H3/t25-,26-,27-,32-,33-/m0/s1. The Morgan fingerprint density at radius 3 is 2.47 bits per heavy atom. The number of hydrogen-bond acceptors (Lipinski definition) is 3. The van der Waals surface area contributed by atoms with Crippen molar-refractivity contribution >= 4 is 11.5 Å². The molecule has 6 rings (SSSR count). The molecule has 1 heterocycles. The molecule has 0 spiro atoms. The minimum atomic E-state index is -1.18. The molecule has 1 aliphatic heterocycles. The number of ketones is 1. The third-order valence-electron chi connectivity index (χ3n) is 10.3. The van der Waals surface area contributed by atoms with Gasteiger partial charge in [-0.2, -0.15) is 0 Å². The summed E-state index contributed by atoms with van der Waals surface area (Å²) < 4.78 is 32.1. The molecule has 1 aromatic carbocycles. The number of aliphatic hydroxyl groups is 1. The van der Waals surface area contributed by atoms with Crippen LogP contribution in [0.3, 0.4) is 0 Å². The van der Waals surface area contributed by atoms with Crippen molar-refractivity contribution in [3.05, 3.63) is 52.1 Å². The first-order valence-corrected chi connectivity index (χ1v) is 14.6. The van der Waals surface area contributed by atoms with Gasteiger partial charge in [0.1, 0.15) is 17.2 Å². The highest BCUT2D eigenvalue weighted by atomic mass is 19.1. The predicted octanol–water partition coefficient (Wildman–Crippen LogP) is 6.86. The van der Waals surface area contributed by atoms with E-state index in [4.69, 9.17) is 0 Å². The van der Waals surface area contributed by atoms with Crippen LogP contribution in [0.1, 0.15) is 90.0 Å². The number of halogens is 2. The van der Waals surface area contributed by atoms with Crippen LogP contribution in [0.5, 0.6) is 0 Å². The fraction of sp³-hybridized carbons (Fsp3) is 0.606. The van der Waals surface area contributed by atoms with Crippen molar-refractivity contribution in [1.29, 1.82) is 0 Å². The summed E-state index contributed by atoms with van der Waals surface area (Å²) in [7, 11) is 0. The van der Waals surface area contributed by atoms with Crippen molar-refractivity contribution in [2.75, 3.05) is 18.0 Å². The van der Waals surface area contributed by atoms with Crippen molar-refractivity contribution in [2.45, 2.75) is 90.1 Å². The lowest BCUT2D eigenvalue weighted by molar-refractivity contribution is -0.114. The van der Waals surface area contributed by atoms with Gasteiger partial charge in [0.15, 0.2) is 5.78 Å². The number of carbonyl (C=O) groups is 1. The van der Waals surface area contributed by atoms with E-state index in [-0.39, 0.29) is 29.1 Å². The fourth-order valence-corrected chi connectivity index (χ4v) is 8.46. The molecule has 3 fully saturated rings. The van der Waals surface area contributed by atoms with Crippen LogP contribution in [0.2, 0.25) is 0 Å². The Morgan fingerprint density at radius 1 is 1.08 bits per heavy atom. The lowest BCUT2D eigenvalue weighted by Gasteiger charge is -2.53. The van der Waals surface area contributed by atoms with Crippen molar-refractivity contribution < 1.29 is 18.7 Å². The van der Waals surface area contributed by atoms with Gasteiger partial charge in [0.05, 0.1) is 0 Å². The Bertz CT molecular complexity index is 1270. The molecule has 0 bridgehead atoms. The van der Waals surface area contributed by atoms with Crippen LogP contribution in [0, 0.1) is 46.6 Å². The number of nitrogens with zero attached hydrogens (tertiary/aromatic N) is 1. The van der Waals surface area contributed by atoms with Crippen LogP contribution in [0.25, 0.3) is 0 Å². The lowest BCUT2D eigenvalue weighted by atomic mass is 9.51. The van der Waals surface area contributed by atoms with E-state index in [9.17, 15) is 9.90 Å². The maximum Gasteiger partial charge on any atom is 0.156 e. The van der Waals surface area contributed by atoms with Crippen molar-refractivity contribution in [1.82, 2.24) is 0 Å². The van der Waals surface area contributed by atoms with Gasteiger partial charge in [0.25, 0.3) is 0 Å². The Morgan fingerprint density at radius 2 is 1.79 bits per heavy atom. The second-order valence-corrected chi connectivity index (χ2v) is 12.8. The van der Waals surface area contributed by atoms with Gasteiger partial charge in [0.2, 0.25) is 0 Å². The number of carbonyl (C=O) groups excluding carboxylic acids is 1. The van der Waals surface area contributed by atoms with E-state index in [0.29, 0.717) is 31.4 Å². The monoisotopic (exact) mass is 519 g/mol. The van der Waals surface area contributed by atoms with E-state index in [1.807, 2.05) is 13.8 Å². The van der Waals surface area contributed by atoms with Crippen LogP contribution in [-0.4, -0.2) is 29.6 Å². The number of rotatable bonds is 2. The SMILES string of the molecule is CC(C)C#C[C@]1(O)CC[C@H]2[C@@H]3CCC4=CC(=O)CCC4=C3[C@@H](c3c(F)cc(N4CCCC4)cc3F)C[C@@]21C. The van der Waals surface area contributed by atoms with Gasteiger partial charge in [-0.05, 0) is 92.6 Å². The Kier molecular flexibility index (Phi) is 6.34. The molecule has 5 atom stereocenters. The third-order valence-corrected chi connectivity index (χ3v) is 10.3. The second-order valence-electron chi connectivity index (χ2n) is 12.8. The molecule has 2 saturated carbocycles. The lowest BCUT2D eigenvalue weighted by Crippen LogP contribution is -2.51. The van der Waals surface area contributed by atoms with Gasteiger partial charge in [-0.1, -0.05) is 38.2 Å². The van der Waals surface area contributed by atoms with Gasteiger partial charge in [-0.25, -0.2) is 8.78 Å². The molecule has 5 aliphatic rings. The molecule has 4 aliphatic carbocycles. The molecular formula is C33H39F2NO2. The quantitative estimate of drug-likeness (QED) is 0.434. The van der Waals surface area contributed by atoms with Crippen molar-refractivity contribution in [3.63, 3.8) is 0 Å². The van der Waals surface area contributed by atoms with Gasteiger partial charge in [0, 0.05) is 48.0 Å². The highest BCUT2D eigenvalue weighted by molar-refractivity contribution is 5.93. The van der Waals surface area contributed by atoms with Crippen LogP contribution in [0.15, 0.2) is 34.9 Å². The van der Waals surface area contributed by atoms with E-state index >= 15 is 8.78 Å². The van der Waals surface area contributed by atoms with Gasteiger partial charge in [-0.15, -0.1) is 0 Å². The summed E-state index contributed by atoms with van der Waals surface area (Å²) in [6.07, 6.45) is 8.48. The first-order valence-electron chi connectivity index (χ1n) is 14.6. The second kappa shape index (κ2) is 9.33. The summed E-state index contributed by atoms with van der Waals surface area (Å²) in [6.45, 7) is 7.79. The maximum atomic E-state index is 16.1. The number of fused-ring (bicyclic) bond motifs is 4. The van der Waals surface area contributed by atoms with E-state index < -0.39 is 28.6 Å². The van der Waals surface area contributed by atoms with Gasteiger partial charge < -0.3 is 10.0 Å². The summed E-state index contributed by atoms with van der Waals surface area (Å²) >= 11 is 0. The Balaban J connectivity index is 1.51. The normalized spacial score (nSPS) is 34.5. The summed E-state index contributed by atoms with van der Waals surface area (Å²) in [6, 6.07) is 3.03. The predicted molar refractivity (Wildman–Crippen MR) is 146 cm³/mol. The highest BCUT2D eigenvalue weighted by Gasteiger charge is 2.63. The van der Waals surface area contributed by atoms with Crippen molar-refractivity contribution in [3.8, 4) is 11.8 Å². The number of hydrogen-bond donors (Lipinski definition) is 1. The average molecular weight is 520 g/mol. The molecule has 0 aromatic heterocycles. The molecule has 1 N–H and O–H groups in total. The average Bonchev–Trinajstić information content (AvgIpc) is 3.49. The molecule has 0 unspecified atom stereocenters. The summed E-state index contributed by atoms with van der Waals surface area (Å²) in [5.41, 5.74) is 2.32. The topological polar surface area (TPSA) is 40.5 Å². The van der Waals surface area contributed by atoms with E-state index in [1.54, 1.807) is 6.08 Å². The highest BCUT2D eigenvalue weighted by Crippen LogP contribution is 2.67. The third kappa shape index (κ3) is 3.98. The minimum Gasteiger partial charge on any atom is -0.377 e. The molecule has 1 aromatic rings. The Hall–Kier alpha value is -2.45. The number of allylic oxidation sites excluding steroid dienone is 4. The summed E-state index contributed by atoms with van der Waals surface area (Å²) in [4.78, 5) is 14.3.